The normalized spacial score (nSPS) is 18.3. The molecule has 3 heteroatoms. The van der Waals surface area contributed by atoms with Gasteiger partial charge in [0, 0.05) is 12.6 Å². The predicted octanol–water partition coefficient (Wildman–Crippen LogP) is 2.76. The molecule has 0 spiro atoms. The average molecular weight is 248 g/mol. The number of nitrogens with one attached hydrogen (secondary N) is 1. The first-order chi connectivity index (χ1) is 8.66. The van der Waals surface area contributed by atoms with Gasteiger partial charge in [0.05, 0.1) is 12.3 Å². The van der Waals surface area contributed by atoms with Gasteiger partial charge in [-0.1, -0.05) is 12.1 Å². The molecule has 0 saturated heterocycles. The van der Waals surface area contributed by atoms with Crippen molar-refractivity contribution in [3.05, 3.63) is 23.8 Å². The van der Waals surface area contributed by atoms with E-state index in [0.29, 0.717) is 6.04 Å². The van der Waals surface area contributed by atoms with E-state index in [1.165, 1.54) is 17.7 Å². The lowest BCUT2D eigenvalue weighted by Crippen LogP contribution is -2.22. The number of benzene rings is 1. The number of ether oxygens (including phenoxy) is 1. The van der Waals surface area contributed by atoms with Crippen LogP contribution >= 0.6 is 0 Å². The van der Waals surface area contributed by atoms with Gasteiger partial charge in [-0.25, -0.2) is 0 Å². The van der Waals surface area contributed by atoms with Gasteiger partial charge in [-0.05, 0) is 51.9 Å². The molecular weight excluding hydrogens is 224 g/mol. The first-order valence-corrected chi connectivity index (χ1v) is 6.83. The van der Waals surface area contributed by atoms with Crippen molar-refractivity contribution >= 4 is 5.69 Å². The van der Waals surface area contributed by atoms with Crippen molar-refractivity contribution < 1.29 is 4.74 Å². The molecule has 0 fully saturated rings. The molecule has 100 valence electrons. The highest BCUT2D eigenvalue weighted by molar-refractivity contribution is 5.63. The van der Waals surface area contributed by atoms with Crippen molar-refractivity contribution in [3.8, 4) is 5.75 Å². The van der Waals surface area contributed by atoms with E-state index in [4.69, 9.17) is 4.74 Å². The minimum atomic E-state index is 0.545. The summed E-state index contributed by atoms with van der Waals surface area (Å²) in [5.41, 5.74) is 2.60. The van der Waals surface area contributed by atoms with Gasteiger partial charge in [-0.15, -0.1) is 0 Å². The fraction of sp³-hybridized carbons (Fsp3) is 0.600. The molecule has 1 aliphatic heterocycles. The molecule has 1 aliphatic rings. The third-order valence-electron chi connectivity index (χ3n) is 3.36. The van der Waals surface area contributed by atoms with Crippen LogP contribution in [0.25, 0.3) is 0 Å². The first-order valence-electron chi connectivity index (χ1n) is 6.83. The van der Waals surface area contributed by atoms with E-state index in [1.54, 1.807) is 0 Å². The minimum absolute atomic E-state index is 0.545. The molecule has 1 heterocycles. The van der Waals surface area contributed by atoms with Crippen molar-refractivity contribution in [2.24, 2.45) is 0 Å². The Morgan fingerprint density at radius 2 is 2.22 bits per heavy atom. The number of hydrogen-bond acceptors (Lipinski definition) is 3. The standard InChI is InChI=1S/C15H24N2O/c1-12-8-9-13-6-4-7-14(15(13)16-12)18-11-5-10-17(2)3/h4,6-7,12,16H,5,8-11H2,1-3H3. The van der Waals surface area contributed by atoms with Crippen molar-refractivity contribution in [1.29, 1.82) is 0 Å². The maximum absolute atomic E-state index is 5.91. The number of anilines is 1. The second-order valence-electron chi connectivity index (χ2n) is 5.38. The predicted molar refractivity (Wildman–Crippen MR) is 76.5 cm³/mol. The second kappa shape index (κ2) is 6.10. The molecule has 2 rings (SSSR count). The van der Waals surface area contributed by atoms with Crippen LogP contribution in [0.1, 0.15) is 25.3 Å². The minimum Gasteiger partial charge on any atom is -0.491 e. The van der Waals surface area contributed by atoms with E-state index in [9.17, 15) is 0 Å². The molecule has 0 aromatic heterocycles. The highest BCUT2D eigenvalue weighted by Gasteiger charge is 2.17. The van der Waals surface area contributed by atoms with Crippen LogP contribution in [0.3, 0.4) is 0 Å². The smallest absolute Gasteiger partial charge is 0.142 e. The highest BCUT2D eigenvalue weighted by atomic mass is 16.5. The molecule has 0 amide bonds. The summed E-state index contributed by atoms with van der Waals surface area (Å²) in [6, 6.07) is 6.90. The van der Waals surface area contributed by atoms with E-state index in [1.807, 2.05) is 0 Å². The summed E-state index contributed by atoms with van der Waals surface area (Å²) in [5, 5.41) is 3.54. The third kappa shape index (κ3) is 3.39. The van der Waals surface area contributed by atoms with E-state index < -0.39 is 0 Å². The fourth-order valence-electron chi connectivity index (χ4n) is 2.32. The van der Waals surface area contributed by atoms with Crippen LogP contribution in [0.2, 0.25) is 0 Å². The molecule has 1 aromatic rings. The monoisotopic (exact) mass is 248 g/mol. The summed E-state index contributed by atoms with van der Waals surface area (Å²) < 4.78 is 5.91. The van der Waals surface area contributed by atoms with Gasteiger partial charge in [0.2, 0.25) is 0 Å². The molecule has 0 radical (unpaired) electrons. The van der Waals surface area contributed by atoms with Crippen LogP contribution in [0.5, 0.6) is 5.75 Å². The summed E-state index contributed by atoms with van der Waals surface area (Å²) in [6.45, 7) is 4.08. The molecule has 1 unspecified atom stereocenters. The SMILES string of the molecule is CC1CCc2cccc(OCCCN(C)C)c2N1. The van der Waals surface area contributed by atoms with Crippen LogP contribution in [-0.2, 0) is 6.42 Å². The lowest BCUT2D eigenvalue weighted by Gasteiger charge is -2.26. The molecule has 1 N–H and O–H groups in total. The fourth-order valence-corrected chi connectivity index (χ4v) is 2.32. The summed E-state index contributed by atoms with van der Waals surface area (Å²) in [7, 11) is 4.18. The Morgan fingerprint density at radius 3 is 3.00 bits per heavy atom. The van der Waals surface area contributed by atoms with Gasteiger partial charge in [-0.2, -0.15) is 0 Å². The number of fused-ring (bicyclic) bond motifs is 1. The number of nitrogens with zero attached hydrogens (tertiary/aromatic N) is 1. The number of rotatable bonds is 5. The van der Waals surface area contributed by atoms with Crippen LogP contribution in [0.15, 0.2) is 18.2 Å². The lowest BCUT2D eigenvalue weighted by atomic mass is 9.98. The largest absolute Gasteiger partial charge is 0.491 e. The molecule has 1 atom stereocenters. The molecule has 0 bridgehead atoms. The maximum atomic E-state index is 5.91. The second-order valence-corrected chi connectivity index (χ2v) is 5.38. The first kappa shape index (κ1) is 13.2. The van der Waals surface area contributed by atoms with Crippen molar-refractivity contribution in [2.45, 2.75) is 32.2 Å². The van der Waals surface area contributed by atoms with Crippen LogP contribution in [0, 0.1) is 0 Å². The summed E-state index contributed by atoms with van der Waals surface area (Å²) in [4.78, 5) is 2.18. The molecule has 1 aromatic carbocycles. The van der Waals surface area contributed by atoms with Gasteiger partial charge < -0.3 is 15.0 Å². The van der Waals surface area contributed by atoms with E-state index in [-0.39, 0.29) is 0 Å². The van der Waals surface area contributed by atoms with Crippen molar-refractivity contribution in [1.82, 2.24) is 4.90 Å². The Balaban J connectivity index is 1.96. The lowest BCUT2D eigenvalue weighted by molar-refractivity contribution is 0.282. The summed E-state index contributed by atoms with van der Waals surface area (Å²) >= 11 is 0. The van der Waals surface area contributed by atoms with Gasteiger partial charge in [0.1, 0.15) is 5.75 Å². The number of para-hydroxylation sites is 1. The van der Waals surface area contributed by atoms with Gasteiger partial charge in [-0.3, -0.25) is 0 Å². The topological polar surface area (TPSA) is 24.5 Å². The molecule has 18 heavy (non-hydrogen) atoms. The zero-order chi connectivity index (χ0) is 13.0. The van der Waals surface area contributed by atoms with Crippen molar-refractivity contribution in [3.63, 3.8) is 0 Å². The maximum Gasteiger partial charge on any atom is 0.142 e. The molecule has 0 saturated carbocycles. The quantitative estimate of drug-likeness (QED) is 0.811. The van der Waals surface area contributed by atoms with Gasteiger partial charge >= 0.3 is 0 Å². The van der Waals surface area contributed by atoms with E-state index in [2.05, 4.69) is 49.4 Å². The van der Waals surface area contributed by atoms with Gasteiger partial charge in [0.15, 0.2) is 0 Å². The highest BCUT2D eigenvalue weighted by Crippen LogP contribution is 2.33. The van der Waals surface area contributed by atoms with E-state index in [0.717, 1.165) is 31.7 Å². The average Bonchev–Trinajstić information content (AvgIpc) is 2.34. The Hall–Kier alpha value is -1.22. The number of aryl methyl sites for hydroxylation is 1. The number of hydrogen-bond donors (Lipinski definition) is 1. The Kier molecular flexibility index (Phi) is 4.48. The Labute approximate surface area is 110 Å². The third-order valence-corrected chi connectivity index (χ3v) is 3.36. The van der Waals surface area contributed by atoms with Crippen molar-refractivity contribution in [2.75, 3.05) is 32.6 Å². The summed E-state index contributed by atoms with van der Waals surface area (Å²) in [5.74, 6) is 1.01. The summed E-state index contributed by atoms with van der Waals surface area (Å²) in [6.07, 6.45) is 3.42. The van der Waals surface area contributed by atoms with Crippen LogP contribution < -0.4 is 10.1 Å². The van der Waals surface area contributed by atoms with E-state index >= 15 is 0 Å². The Morgan fingerprint density at radius 1 is 1.39 bits per heavy atom. The Bertz CT molecular complexity index is 390. The zero-order valence-corrected chi connectivity index (χ0v) is 11.7. The van der Waals surface area contributed by atoms with Crippen LogP contribution in [-0.4, -0.2) is 38.2 Å². The molecular formula is C15H24N2O. The zero-order valence-electron chi connectivity index (χ0n) is 11.7. The molecule has 3 nitrogen and oxygen atoms in total. The van der Waals surface area contributed by atoms with Crippen LogP contribution in [0.4, 0.5) is 5.69 Å². The molecule has 0 aliphatic carbocycles. The van der Waals surface area contributed by atoms with Gasteiger partial charge in [0.25, 0.3) is 0 Å².